The third kappa shape index (κ3) is 3.12. The van der Waals surface area contributed by atoms with Crippen LogP contribution < -0.4 is 0 Å². The third-order valence-electron chi connectivity index (χ3n) is 2.63. The highest BCUT2D eigenvalue weighted by Gasteiger charge is 2.18. The molecule has 0 aliphatic heterocycles. The van der Waals surface area contributed by atoms with Crippen molar-refractivity contribution in [2.24, 2.45) is 0 Å². The van der Waals surface area contributed by atoms with Crippen molar-refractivity contribution in [3.05, 3.63) is 33.0 Å². The lowest BCUT2D eigenvalue weighted by Gasteiger charge is -2.10. The molecule has 0 saturated heterocycles. The average Bonchev–Trinajstić information content (AvgIpc) is 2.96. The molecular formula is C12H16N2OS2. The lowest BCUT2D eigenvalue weighted by Crippen LogP contribution is -2.02. The van der Waals surface area contributed by atoms with Gasteiger partial charge in [-0.2, -0.15) is 0 Å². The van der Waals surface area contributed by atoms with Gasteiger partial charge in [-0.1, -0.05) is 24.4 Å². The molecule has 0 aromatic carbocycles. The molecule has 92 valence electrons. The molecule has 2 aromatic heterocycles. The smallest absolute Gasteiger partial charge is 0.0920 e. The van der Waals surface area contributed by atoms with E-state index in [-0.39, 0.29) is 0 Å². The Hall–Kier alpha value is -0.780. The summed E-state index contributed by atoms with van der Waals surface area (Å²) < 4.78 is 3.94. The Morgan fingerprint density at radius 3 is 2.88 bits per heavy atom. The Labute approximate surface area is 109 Å². The zero-order chi connectivity index (χ0) is 12.3. The second kappa shape index (κ2) is 5.71. The first-order chi connectivity index (χ1) is 8.18. The minimum absolute atomic E-state index is 0.320. The number of thiophene rings is 1. The summed E-state index contributed by atoms with van der Waals surface area (Å²) in [6, 6.07) is 4.14. The van der Waals surface area contributed by atoms with Crippen molar-refractivity contribution in [2.45, 2.75) is 38.7 Å². The van der Waals surface area contributed by atoms with E-state index in [9.17, 15) is 5.11 Å². The highest BCUT2D eigenvalue weighted by Crippen LogP contribution is 2.29. The molecule has 0 spiro atoms. The maximum Gasteiger partial charge on any atom is 0.0920 e. The maximum atomic E-state index is 10.2. The van der Waals surface area contributed by atoms with E-state index >= 15 is 0 Å². The standard InChI is InChI=1S/C12H16N2OS2/c1-8(2)11-12(17-14-13-11)10(15)6-5-9-4-3-7-16-9/h3-4,7-8,10,15H,5-6H2,1-2H3. The number of aliphatic hydroxyl groups is 1. The first-order valence-electron chi connectivity index (χ1n) is 5.71. The molecule has 0 radical (unpaired) electrons. The fourth-order valence-corrected chi connectivity index (χ4v) is 3.25. The van der Waals surface area contributed by atoms with Crippen LogP contribution in [0.1, 0.15) is 47.7 Å². The fraction of sp³-hybridized carbons (Fsp3) is 0.500. The molecule has 3 nitrogen and oxygen atoms in total. The van der Waals surface area contributed by atoms with Crippen LogP contribution in [0.5, 0.6) is 0 Å². The summed E-state index contributed by atoms with van der Waals surface area (Å²) in [5.74, 6) is 0.320. The predicted molar refractivity (Wildman–Crippen MR) is 71.6 cm³/mol. The van der Waals surface area contributed by atoms with Gasteiger partial charge >= 0.3 is 0 Å². The summed E-state index contributed by atoms with van der Waals surface area (Å²) in [5, 5.41) is 16.3. The zero-order valence-electron chi connectivity index (χ0n) is 9.96. The highest BCUT2D eigenvalue weighted by molar-refractivity contribution is 7.09. The molecule has 0 aliphatic rings. The van der Waals surface area contributed by atoms with Crippen LogP contribution in [0, 0.1) is 0 Å². The van der Waals surface area contributed by atoms with E-state index in [1.165, 1.54) is 16.4 Å². The average molecular weight is 268 g/mol. The van der Waals surface area contributed by atoms with Crippen LogP contribution in [0.15, 0.2) is 17.5 Å². The quantitative estimate of drug-likeness (QED) is 0.904. The molecule has 0 saturated carbocycles. The van der Waals surface area contributed by atoms with Gasteiger partial charge in [0.15, 0.2) is 0 Å². The summed E-state index contributed by atoms with van der Waals surface area (Å²) in [4.78, 5) is 2.24. The summed E-state index contributed by atoms with van der Waals surface area (Å²) in [7, 11) is 0. The maximum absolute atomic E-state index is 10.2. The van der Waals surface area contributed by atoms with Gasteiger partial charge in [0.2, 0.25) is 0 Å². The zero-order valence-corrected chi connectivity index (χ0v) is 11.6. The van der Waals surface area contributed by atoms with Crippen molar-refractivity contribution in [3.63, 3.8) is 0 Å². The SMILES string of the molecule is CC(C)c1nnsc1C(O)CCc1cccs1. The number of aryl methyl sites for hydroxylation is 1. The number of hydrogen-bond donors (Lipinski definition) is 1. The molecule has 0 aliphatic carbocycles. The number of rotatable bonds is 5. The topological polar surface area (TPSA) is 46.0 Å². The van der Waals surface area contributed by atoms with Crippen molar-refractivity contribution >= 4 is 22.9 Å². The van der Waals surface area contributed by atoms with Crippen LogP contribution in [-0.4, -0.2) is 14.7 Å². The van der Waals surface area contributed by atoms with Gasteiger partial charge in [-0.05, 0) is 41.7 Å². The van der Waals surface area contributed by atoms with Crippen molar-refractivity contribution in [2.75, 3.05) is 0 Å². The van der Waals surface area contributed by atoms with Crippen LogP contribution in [0.3, 0.4) is 0 Å². The Morgan fingerprint density at radius 1 is 1.41 bits per heavy atom. The largest absolute Gasteiger partial charge is 0.387 e. The Balaban J connectivity index is 1.99. The minimum Gasteiger partial charge on any atom is -0.387 e. The molecule has 2 rings (SSSR count). The van der Waals surface area contributed by atoms with E-state index in [1.807, 2.05) is 6.07 Å². The lowest BCUT2D eigenvalue weighted by molar-refractivity contribution is 0.170. The van der Waals surface area contributed by atoms with E-state index in [2.05, 4.69) is 34.9 Å². The monoisotopic (exact) mass is 268 g/mol. The van der Waals surface area contributed by atoms with Crippen molar-refractivity contribution in [1.29, 1.82) is 0 Å². The molecule has 0 bridgehead atoms. The molecule has 2 heterocycles. The van der Waals surface area contributed by atoms with Crippen molar-refractivity contribution in [1.82, 2.24) is 9.59 Å². The van der Waals surface area contributed by atoms with Gasteiger partial charge in [-0.25, -0.2) is 0 Å². The van der Waals surface area contributed by atoms with E-state index < -0.39 is 6.10 Å². The van der Waals surface area contributed by atoms with E-state index in [4.69, 9.17) is 0 Å². The predicted octanol–water partition coefficient (Wildman–Crippen LogP) is 3.39. The van der Waals surface area contributed by atoms with Crippen LogP contribution in [0.2, 0.25) is 0 Å². The van der Waals surface area contributed by atoms with Gasteiger partial charge in [-0.3, -0.25) is 0 Å². The van der Waals surface area contributed by atoms with Gasteiger partial charge in [-0.15, -0.1) is 16.4 Å². The normalized spacial score (nSPS) is 13.2. The van der Waals surface area contributed by atoms with Gasteiger partial charge in [0.1, 0.15) is 0 Å². The van der Waals surface area contributed by atoms with Crippen LogP contribution >= 0.6 is 22.9 Å². The van der Waals surface area contributed by atoms with Crippen LogP contribution in [0.4, 0.5) is 0 Å². The van der Waals surface area contributed by atoms with Gasteiger partial charge < -0.3 is 5.11 Å². The fourth-order valence-electron chi connectivity index (χ4n) is 1.70. The molecule has 0 amide bonds. The van der Waals surface area contributed by atoms with Gasteiger partial charge in [0, 0.05) is 4.88 Å². The first-order valence-corrected chi connectivity index (χ1v) is 7.36. The van der Waals surface area contributed by atoms with Crippen LogP contribution in [-0.2, 0) is 6.42 Å². The second-order valence-corrected chi connectivity index (χ2v) is 6.13. The molecule has 1 unspecified atom stereocenters. The Kier molecular flexibility index (Phi) is 4.25. The first kappa shape index (κ1) is 12.7. The molecule has 5 heteroatoms. The number of hydrogen-bond acceptors (Lipinski definition) is 5. The third-order valence-corrected chi connectivity index (χ3v) is 4.41. The molecule has 0 fully saturated rings. The summed E-state index contributed by atoms with van der Waals surface area (Å²) >= 11 is 3.05. The molecule has 1 N–H and O–H groups in total. The second-order valence-electron chi connectivity index (χ2n) is 4.31. The van der Waals surface area contributed by atoms with Crippen molar-refractivity contribution in [3.8, 4) is 0 Å². The van der Waals surface area contributed by atoms with E-state index in [1.54, 1.807) is 11.3 Å². The summed E-state index contributed by atoms with van der Waals surface area (Å²) in [6.07, 6.45) is 1.22. The summed E-state index contributed by atoms with van der Waals surface area (Å²) in [6.45, 7) is 4.15. The molecular weight excluding hydrogens is 252 g/mol. The Bertz CT molecular complexity index is 451. The summed E-state index contributed by atoms with van der Waals surface area (Å²) in [5.41, 5.74) is 0.939. The minimum atomic E-state index is -0.436. The van der Waals surface area contributed by atoms with Crippen molar-refractivity contribution < 1.29 is 5.11 Å². The van der Waals surface area contributed by atoms with E-state index in [0.29, 0.717) is 5.92 Å². The highest BCUT2D eigenvalue weighted by atomic mass is 32.1. The molecule has 17 heavy (non-hydrogen) atoms. The molecule has 1 atom stereocenters. The number of aliphatic hydroxyl groups excluding tert-OH is 1. The number of aromatic nitrogens is 2. The van der Waals surface area contributed by atoms with Crippen LogP contribution in [0.25, 0.3) is 0 Å². The Morgan fingerprint density at radius 2 is 2.24 bits per heavy atom. The van der Waals surface area contributed by atoms with Gasteiger partial charge in [0.05, 0.1) is 16.7 Å². The molecule has 2 aromatic rings. The van der Waals surface area contributed by atoms with Gasteiger partial charge in [0.25, 0.3) is 0 Å². The lowest BCUT2D eigenvalue weighted by atomic mass is 10.0. The number of nitrogens with zero attached hydrogens (tertiary/aromatic N) is 2. The van der Waals surface area contributed by atoms with E-state index in [0.717, 1.165) is 23.4 Å².